The molecule has 0 saturated carbocycles. The lowest BCUT2D eigenvalue weighted by Crippen LogP contribution is -2.33. The number of rotatable bonds is 8. The number of hydrogen-bond acceptors (Lipinski definition) is 5. The highest BCUT2D eigenvalue weighted by Crippen LogP contribution is 1.89. The first-order chi connectivity index (χ1) is 6.70. The van der Waals surface area contributed by atoms with Gasteiger partial charge < -0.3 is 26.1 Å². The summed E-state index contributed by atoms with van der Waals surface area (Å²) >= 11 is 0. The maximum Gasteiger partial charge on any atom is 0.140 e. The van der Waals surface area contributed by atoms with Crippen LogP contribution in [-0.4, -0.2) is 48.6 Å². The van der Waals surface area contributed by atoms with Crippen LogP contribution in [-0.2, 0) is 4.74 Å². The van der Waals surface area contributed by atoms with Crippen molar-refractivity contribution in [1.29, 1.82) is 0 Å². The summed E-state index contributed by atoms with van der Waals surface area (Å²) in [6.45, 7) is 3.56. The molecule has 6 heteroatoms. The van der Waals surface area contributed by atoms with E-state index in [-0.39, 0.29) is 18.5 Å². The molecule has 0 amide bonds. The number of nitrogens with zero attached hydrogens (tertiary/aromatic N) is 1. The number of nitrogens with one attached hydrogen (secondary N) is 1. The monoisotopic (exact) mass is 205 g/mol. The van der Waals surface area contributed by atoms with Crippen molar-refractivity contribution < 1.29 is 15.1 Å². The van der Waals surface area contributed by atoms with Crippen LogP contribution in [0.15, 0.2) is 5.16 Å². The minimum Gasteiger partial charge on any atom is -0.409 e. The van der Waals surface area contributed by atoms with Gasteiger partial charge >= 0.3 is 0 Å². The van der Waals surface area contributed by atoms with Gasteiger partial charge in [0.15, 0.2) is 0 Å². The van der Waals surface area contributed by atoms with E-state index in [4.69, 9.17) is 20.8 Å². The van der Waals surface area contributed by atoms with Crippen molar-refractivity contribution in [2.24, 2.45) is 10.9 Å². The average molecular weight is 205 g/mol. The molecule has 0 bridgehead atoms. The van der Waals surface area contributed by atoms with E-state index in [1.165, 1.54) is 0 Å². The van der Waals surface area contributed by atoms with Gasteiger partial charge in [0.25, 0.3) is 0 Å². The van der Waals surface area contributed by atoms with Crippen LogP contribution >= 0.6 is 0 Å². The second-order valence-corrected chi connectivity index (χ2v) is 2.99. The Kier molecular flexibility index (Phi) is 8.20. The van der Waals surface area contributed by atoms with Crippen LogP contribution in [0.3, 0.4) is 0 Å². The van der Waals surface area contributed by atoms with Crippen molar-refractivity contribution in [2.75, 3.05) is 26.4 Å². The van der Waals surface area contributed by atoms with Crippen molar-refractivity contribution in [3.05, 3.63) is 0 Å². The predicted octanol–water partition coefficient (Wildman–Crippen LogP) is -0.890. The summed E-state index contributed by atoms with van der Waals surface area (Å²) in [5.74, 6) is 0.210. The highest BCUT2D eigenvalue weighted by Gasteiger charge is 2.03. The van der Waals surface area contributed by atoms with Gasteiger partial charge in [-0.15, -0.1) is 0 Å². The Labute approximate surface area is 83.7 Å². The number of oxime groups is 1. The summed E-state index contributed by atoms with van der Waals surface area (Å²) in [5, 5.41) is 22.7. The van der Waals surface area contributed by atoms with Crippen molar-refractivity contribution in [3.8, 4) is 0 Å². The van der Waals surface area contributed by atoms with Gasteiger partial charge in [-0.25, -0.2) is 0 Å². The molecule has 0 fully saturated rings. The molecular formula is C8H19N3O3. The molecule has 0 aromatic rings. The number of ether oxygens (including phenoxy) is 1. The molecule has 6 nitrogen and oxygen atoms in total. The van der Waals surface area contributed by atoms with Crippen LogP contribution in [0.5, 0.6) is 0 Å². The molecule has 1 atom stereocenters. The quantitative estimate of drug-likeness (QED) is 0.135. The van der Waals surface area contributed by atoms with Gasteiger partial charge in [-0.3, -0.25) is 0 Å². The molecule has 5 N–H and O–H groups in total. The topological polar surface area (TPSA) is 100 Å². The SMILES string of the molecule is CC(CC(N)=NO)NCCOCCO. The van der Waals surface area contributed by atoms with Gasteiger partial charge in [0.2, 0.25) is 0 Å². The standard InChI is InChI=1S/C8H19N3O3/c1-7(6-8(9)11-13)10-2-4-14-5-3-12/h7,10,12-13H,2-6H2,1H3,(H2,9,11). The van der Waals surface area contributed by atoms with Gasteiger partial charge in [-0.05, 0) is 6.92 Å². The Balaban J connectivity index is 3.31. The number of nitrogens with two attached hydrogens (primary N) is 1. The number of hydrogen-bond donors (Lipinski definition) is 4. The highest BCUT2D eigenvalue weighted by atomic mass is 16.5. The van der Waals surface area contributed by atoms with E-state index < -0.39 is 0 Å². The number of aliphatic hydroxyl groups is 1. The summed E-state index contributed by atoms with van der Waals surface area (Å²) in [7, 11) is 0. The molecule has 0 aliphatic rings. The molecule has 0 rings (SSSR count). The fraction of sp³-hybridized carbons (Fsp3) is 0.875. The number of amidine groups is 1. The molecule has 14 heavy (non-hydrogen) atoms. The van der Waals surface area contributed by atoms with Crippen LogP contribution in [0.4, 0.5) is 0 Å². The van der Waals surface area contributed by atoms with Crippen LogP contribution in [0.1, 0.15) is 13.3 Å². The molecule has 1 unspecified atom stereocenters. The molecular weight excluding hydrogens is 186 g/mol. The number of aliphatic hydroxyl groups excluding tert-OH is 1. The van der Waals surface area contributed by atoms with Gasteiger partial charge in [-0.2, -0.15) is 0 Å². The maximum absolute atomic E-state index is 8.42. The highest BCUT2D eigenvalue weighted by molar-refractivity contribution is 5.80. The Bertz CT molecular complexity index is 164. The van der Waals surface area contributed by atoms with Crippen molar-refractivity contribution in [1.82, 2.24) is 5.32 Å². The lowest BCUT2D eigenvalue weighted by molar-refractivity contribution is 0.0929. The van der Waals surface area contributed by atoms with E-state index in [1.807, 2.05) is 6.92 Å². The molecule has 0 heterocycles. The molecule has 0 aliphatic heterocycles. The van der Waals surface area contributed by atoms with E-state index in [9.17, 15) is 0 Å². The predicted molar refractivity (Wildman–Crippen MR) is 53.4 cm³/mol. The zero-order valence-corrected chi connectivity index (χ0v) is 8.44. The van der Waals surface area contributed by atoms with Gasteiger partial charge in [0, 0.05) is 19.0 Å². The largest absolute Gasteiger partial charge is 0.409 e. The molecule has 0 radical (unpaired) electrons. The van der Waals surface area contributed by atoms with E-state index in [2.05, 4.69) is 10.5 Å². The normalized spacial score (nSPS) is 14.3. The molecule has 0 spiro atoms. The summed E-state index contributed by atoms with van der Waals surface area (Å²) in [6, 6.07) is 0.142. The third-order valence-corrected chi connectivity index (χ3v) is 1.62. The zero-order chi connectivity index (χ0) is 10.8. The molecule has 0 aromatic heterocycles. The summed E-state index contributed by atoms with van der Waals surface area (Å²) in [6.07, 6.45) is 0.497. The fourth-order valence-corrected chi connectivity index (χ4v) is 0.971. The Morgan fingerprint density at radius 2 is 2.29 bits per heavy atom. The first kappa shape index (κ1) is 13.2. The summed E-state index contributed by atoms with van der Waals surface area (Å²) in [4.78, 5) is 0. The lowest BCUT2D eigenvalue weighted by Gasteiger charge is -2.12. The summed E-state index contributed by atoms with van der Waals surface area (Å²) < 4.78 is 5.04. The average Bonchev–Trinajstić information content (AvgIpc) is 2.17. The van der Waals surface area contributed by atoms with Crippen LogP contribution in [0.25, 0.3) is 0 Å². The van der Waals surface area contributed by atoms with Crippen molar-refractivity contribution >= 4 is 5.84 Å². The fourth-order valence-electron chi connectivity index (χ4n) is 0.971. The molecule has 0 saturated heterocycles. The van der Waals surface area contributed by atoms with Gasteiger partial charge in [-0.1, -0.05) is 5.16 Å². The lowest BCUT2D eigenvalue weighted by atomic mass is 10.2. The van der Waals surface area contributed by atoms with E-state index in [1.54, 1.807) is 0 Å². The maximum atomic E-state index is 8.42. The van der Waals surface area contributed by atoms with E-state index >= 15 is 0 Å². The van der Waals surface area contributed by atoms with Crippen LogP contribution in [0, 0.1) is 0 Å². The smallest absolute Gasteiger partial charge is 0.140 e. The van der Waals surface area contributed by atoms with E-state index in [0.717, 1.165) is 0 Å². The first-order valence-electron chi connectivity index (χ1n) is 4.59. The third kappa shape index (κ3) is 7.78. The first-order valence-corrected chi connectivity index (χ1v) is 4.59. The third-order valence-electron chi connectivity index (χ3n) is 1.62. The Morgan fingerprint density at radius 3 is 2.86 bits per heavy atom. The second kappa shape index (κ2) is 8.74. The summed E-state index contributed by atoms with van der Waals surface area (Å²) in [5.41, 5.74) is 5.32. The van der Waals surface area contributed by atoms with E-state index in [0.29, 0.717) is 26.2 Å². The van der Waals surface area contributed by atoms with Gasteiger partial charge in [0.1, 0.15) is 5.84 Å². The molecule has 0 aromatic carbocycles. The Morgan fingerprint density at radius 1 is 1.57 bits per heavy atom. The second-order valence-electron chi connectivity index (χ2n) is 2.99. The van der Waals surface area contributed by atoms with Crippen molar-refractivity contribution in [2.45, 2.75) is 19.4 Å². The Hall–Kier alpha value is -0.850. The van der Waals surface area contributed by atoms with Crippen LogP contribution in [0.2, 0.25) is 0 Å². The minimum absolute atomic E-state index is 0.0413. The molecule has 0 aliphatic carbocycles. The van der Waals surface area contributed by atoms with Crippen LogP contribution < -0.4 is 11.1 Å². The molecule has 84 valence electrons. The van der Waals surface area contributed by atoms with Crippen molar-refractivity contribution in [3.63, 3.8) is 0 Å². The minimum atomic E-state index is 0.0413. The van der Waals surface area contributed by atoms with Gasteiger partial charge in [0.05, 0.1) is 19.8 Å². The zero-order valence-electron chi connectivity index (χ0n) is 8.44.